The van der Waals surface area contributed by atoms with Crippen molar-refractivity contribution in [3.8, 4) is 21.8 Å². The van der Waals surface area contributed by atoms with E-state index >= 15 is 0 Å². The maximum Gasteiger partial charge on any atom is 0.230 e. The van der Waals surface area contributed by atoms with Gasteiger partial charge in [0.05, 0.1) is 0 Å². The number of pyridine rings is 1. The van der Waals surface area contributed by atoms with Crippen molar-refractivity contribution in [2.24, 2.45) is 5.92 Å². The number of hydrogen-bond donors (Lipinski definition) is 0. The number of rotatable bonds is 5. The minimum Gasteiger partial charge on any atom is -0.302 e. The lowest BCUT2D eigenvalue weighted by atomic mass is 10.1. The highest BCUT2D eigenvalue weighted by molar-refractivity contribution is 7.19. The maximum atomic E-state index is 12.7. The van der Waals surface area contributed by atoms with E-state index in [-0.39, 0.29) is 11.8 Å². The molecule has 0 aliphatic heterocycles. The molecule has 0 N–H and O–H groups in total. The predicted octanol–water partition coefficient (Wildman–Crippen LogP) is 4.88. The number of thiazole rings is 1. The molecule has 5 heteroatoms. The van der Waals surface area contributed by atoms with E-state index in [2.05, 4.69) is 4.98 Å². The summed E-state index contributed by atoms with van der Waals surface area (Å²) in [6.45, 7) is 6.47. The first-order valence-corrected chi connectivity index (χ1v) is 9.21. The van der Waals surface area contributed by atoms with Gasteiger partial charge in [0.2, 0.25) is 5.91 Å². The first kappa shape index (κ1) is 17.3. The summed E-state index contributed by atoms with van der Waals surface area (Å²) in [7, 11) is 0. The van der Waals surface area contributed by atoms with Crippen LogP contribution < -0.4 is 4.90 Å². The molecule has 0 aliphatic rings. The number of carbonyl (C=O) groups excluding carboxylic acids is 1. The molecule has 0 radical (unpaired) electrons. The first-order chi connectivity index (χ1) is 12.1. The highest BCUT2D eigenvalue weighted by Crippen LogP contribution is 2.40. The Labute approximate surface area is 152 Å². The van der Waals surface area contributed by atoms with Crippen LogP contribution in [0.1, 0.15) is 20.8 Å². The fourth-order valence-corrected chi connectivity index (χ4v) is 3.75. The molecule has 128 valence electrons. The van der Waals surface area contributed by atoms with Gasteiger partial charge in [-0.15, -0.1) is 0 Å². The second-order valence-electron chi connectivity index (χ2n) is 6.02. The smallest absolute Gasteiger partial charge is 0.230 e. The third-order valence-electron chi connectivity index (χ3n) is 3.89. The number of carbonyl (C=O) groups is 1. The van der Waals surface area contributed by atoms with E-state index in [1.165, 1.54) is 11.3 Å². The van der Waals surface area contributed by atoms with Crippen LogP contribution in [0.4, 0.5) is 5.00 Å². The average Bonchev–Trinajstić information content (AvgIpc) is 3.09. The lowest BCUT2D eigenvalue weighted by Crippen LogP contribution is -2.33. The Bertz CT molecular complexity index is 844. The normalized spacial score (nSPS) is 10.9. The molecule has 0 saturated carbocycles. The quantitative estimate of drug-likeness (QED) is 0.658. The Balaban J connectivity index is 2.15. The molecule has 25 heavy (non-hydrogen) atoms. The fourth-order valence-electron chi connectivity index (χ4n) is 2.60. The third-order valence-corrected chi connectivity index (χ3v) is 5.01. The van der Waals surface area contributed by atoms with Crippen molar-refractivity contribution in [2.45, 2.75) is 20.8 Å². The largest absolute Gasteiger partial charge is 0.302 e. The molecule has 4 nitrogen and oxygen atoms in total. The van der Waals surface area contributed by atoms with Gasteiger partial charge in [-0.1, -0.05) is 55.5 Å². The predicted molar refractivity (Wildman–Crippen MR) is 104 cm³/mol. The summed E-state index contributed by atoms with van der Waals surface area (Å²) in [5.41, 5.74) is 2.82. The van der Waals surface area contributed by atoms with Crippen LogP contribution in [0.15, 0.2) is 54.9 Å². The van der Waals surface area contributed by atoms with E-state index in [1.807, 2.05) is 68.1 Å². The first-order valence-electron chi connectivity index (χ1n) is 8.39. The van der Waals surface area contributed by atoms with Crippen LogP contribution in [0.3, 0.4) is 0 Å². The van der Waals surface area contributed by atoms with E-state index in [4.69, 9.17) is 4.98 Å². The zero-order chi connectivity index (χ0) is 17.8. The van der Waals surface area contributed by atoms with Gasteiger partial charge in [-0.2, -0.15) is 0 Å². The summed E-state index contributed by atoms with van der Waals surface area (Å²) in [6.07, 6.45) is 3.55. The summed E-state index contributed by atoms with van der Waals surface area (Å²) in [4.78, 5) is 23.6. The summed E-state index contributed by atoms with van der Waals surface area (Å²) < 4.78 is 0. The average molecular weight is 351 g/mol. The van der Waals surface area contributed by atoms with Crippen LogP contribution in [-0.2, 0) is 4.79 Å². The van der Waals surface area contributed by atoms with Gasteiger partial charge >= 0.3 is 0 Å². The van der Waals surface area contributed by atoms with E-state index in [1.54, 1.807) is 12.4 Å². The van der Waals surface area contributed by atoms with E-state index in [0.29, 0.717) is 6.54 Å². The fraction of sp³-hybridized carbons (Fsp3) is 0.250. The number of aromatic nitrogens is 2. The van der Waals surface area contributed by atoms with E-state index < -0.39 is 0 Å². The van der Waals surface area contributed by atoms with Crippen molar-refractivity contribution >= 4 is 22.2 Å². The van der Waals surface area contributed by atoms with Gasteiger partial charge in [-0.3, -0.25) is 9.78 Å². The van der Waals surface area contributed by atoms with E-state index in [9.17, 15) is 4.79 Å². The molecule has 0 aliphatic carbocycles. The molecule has 0 atom stereocenters. The SMILES string of the molecule is CCN(C(=O)C(C)C)c1sc(-c2cccnc2)nc1-c1ccccc1. The van der Waals surface area contributed by atoms with Crippen molar-refractivity contribution in [2.75, 3.05) is 11.4 Å². The molecule has 0 saturated heterocycles. The molecule has 3 rings (SSSR count). The van der Waals surface area contributed by atoms with Crippen molar-refractivity contribution < 1.29 is 4.79 Å². The van der Waals surface area contributed by atoms with Gasteiger partial charge in [-0.05, 0) is 19.1 Å². The lowest BCUT2D eigenvalue weighted by Gasteiger charge is -2.22. The molecule has 3 aromatic rings. The van der Waals surface area contributed by atoms with Crippen LogP contribution in [0.25, 0.3) is 21.8 Å². The maximum absolute atomic E-state index is 12.7. The minimum atomic E-state index is -0.0625. The van der Waals surface area contributed by atoms with Gasteiger partial charge < -0.3 is 4.90 Å². The summed E-state index contributed by atoms with van der Waals surface area (Å²) in [6, 6.07) is 13.9. The Hall–Kier alpha value is -2.53. The van der Waals surface area contributed by atoms with Gasteiger partial charge in [-0.25, -0.2) is 4.98 Å². The monoisotopic (exact) mass is 351 g/mol. The molecule has 0 spiro atoms. The van der Waals surface area contributed by atoms with Gasteiger partial charge in [0.1, 0.15) is 15.7 Å². The Morgan fingerprint density at radius 2 is 1.84 bits per heavy atom. The second kappa shape index (κ2) is 7.57. The van der Waals surface area contributed by atoms with Crippen LogP contribution in [0, 0.1) is 5.92 Å². The highest BCUT2D eigenvalue weighted by atomic mass is 32.1. The van der Waals surface area contributed by atoms with Gasteiger partial charge in [0, 0.05) is 36.0 Å². The Kier molecular flexibility index (Phi) is 5.24. The Morgan fingerprint density at radius 1 is 1.12 bits per heavy atom. The van der Waals surface area contributed by atoms with Crippen molar-refractivity contribution in [3.63, 3.8) is 0 Å². The molecule has 1 amide bonds. The van der Waals surface area contributed by atoms with Crippen molar-refractivity contribution in [1.29, 1.82) is 0 Å². The zero-order valence-electron chi connectivity index (χ0n) is 14.6. The lowest BCUT2D eigenvalue weighted by molar-refractivity contribution is -0.121. The van der Waals surface area contributed by atoms with Gasteiger partial charge in [0.25, 0.3) is 0 Å². The molecular weight excluding hydrogens is 330 g/mol. The molecule has 0 bridgehead atoms. The van der Waals surface area contributed by atoms with Crippen LogP contribution in [0.2, 0.25) is 0 Å². The van der Waals surface area contributed by atoms with Crippen LogP contribution in [-0.4, -0.2) is 22.4 Å². The molecule has 0 unspecified atom stereocenters. The highest BCUT2D eigenvalue weighted by Gasteiger charge is 2.24. The van der Waals surface area contributed by atoms with Crippen molar-refractivity contribution in [1.82, 2.24) is 9.97 Å². The summed E-state index contributed by atoms with van der Waals surface area (Å²) in [5.74, 6) is 0.0496. The standard InChI is InChI=1S/C20H21N3OS/c1-4-23(19(24)14(2)3)20-17(15-9-6-5-7-10-15)22-18(25-20)16-11-8-12-21-13-16/h5-14H,4H2,1-3H3. The van der Waals surface area contributed by atoms with Gasteiger partial charge in [0.15, 0.2) is 0 Å². The minimum absolute atomic E-state index is 0.0625. The number of anilines is 1. The molecule has 0 fully saturated rings. The number of nitrogens with zero attached hydrogens (tertiary/aromatic N) is 3. The van der Waals surface area contributed by atoms with E-state index in [0.717, 1.165) is 26.8 Å². The third kappa shape index (κ3) is 3.61. The zero-order valence-corrected chi connectivity index (χ0v) is 15.5. The summed E-state index contributed by atoms with van der Waals surface area (Å²) >= 11 is 1.54. The number of amides is 1. The molecule has 1 aromatic carbocycles. The molecule has 2 aromatic heterocycles. The second-order valence-corrected chi connectivity index (χ2v) is 7.00. The number of benzene rings is 1. The Morgan fingerprint density at radius 3 is 2.44 bits per heavy atom. The topological polar surface area (TPSA) is 46.1 Å². The molecule has 2 heterocycles. The van der Waals surface area contributed by atoms with Crippen molar-refractivity contribution in [3.05, 3.63) is 54.9 Å². The summed E-state index contributed by atoms with van der Waals surface area (Å²) in [5, 5.41) is 1.77. The van der Waals surface area contributed by atoms with Crippen LogP contribution >= 0.6 is 11.3 Å². The van der Waals surface area contributed by atoms with Crippen LogP contribution in [0.5, 0.6) is 0 Å². The number of hydrogen-bond acceptors (Lipinski definition) is 4. The molecular formula is C20H21N3OS.